The molecule has 3 unspecified atom stereocenters. The number of carboxylic acids is 1. The molecule has 0 spiro atoms. The van der Waals surface area contributed by atoms with Gasteiger partial charge in [-0.15, -0.1) is 0 Å². The van der Waals surface area contributed by atoms with Crippen LogP contribution in [-0.2, 0) is 4.79 Å². The molecule has 0 aliphatic carbocycles. The van der Waals surface area contributed by atoms with Gasteiger partial charge in [0, 0.05) is 24.9 Å². The Bertz CT molecular complexity index is 363. The molecule has 2 saturated heterocycles. The zero-order valence-electron chi connectivity index (χ0n) is 10.8. The van der Waals surface area contributed by atoms with Crippen molar-refractivity contribution in [1.82, 2.24) is 10.2 Å². The van der Waals surface area contributed by atoms with Gasteiger partial charge < -0.3 is 15.3 Å². The third kappa shape index (κ3) is 2.58. The molecule has 5 nitrogen and oxygen atoms in total. The molecular formula is C12H20N2O3S. The second-order valence-electron chi connectivity index (χ2n) is 5.61. The van der Waals surface area contributed by atoms with Crippen molar-refractivity contribution in [2.75, 3.05) is 24.6 Å². The molecule has 2 N–H and O–H groups in total. The van der Waals surface area contributed by atoms with Crippen molar-refractivity contribution >= 4 is 23.8 Å². The van der Waals surface area contributed by atoms with Gasteiger partial charge in [-0.25, -0.2) is 4.79 Å². The quantitative estimate of drug-likeness (QED) is 0.793. The minimum absolute atomic E-state index is 0.112. The standard InChI is InChI=1S/C12H20N2O3S/c1-8-5-18-6-9(8)13-11(17)14-4-3-12(2,7-14)10(15)16/h8-9H,3-7H2,1-2H3,(H,13,17)(H,15,16). The van der Waals surface area contributed by atoms with Gasteiger partial charge in [0.25, 0.3) is 0 Å². The molecule has 2 rings (SSSR count). The van der Waals surface area contributed by atoms with Crippen molar-refractivity contribution in [2.24, 2.45) is 11.3 Å². The lowest BCUT2D eigenvalue weighted by Crippen LogP contribution is -2.47. The van der Waals surface area contributed by atoms with E-state index in [1.54, 1.807) is 11.8 Å². The number of rotatable bonds is 2. The maximum absolute atomic E-state index is 12.1. The fourth-order valence-corrected chi connectivity index (χ4v) is 3.81. The van der Waals surface area contributed by atoms with Crippen LogP contribution in [0.3, 0.4) is 0 Å². The summed E-state index contributed by atoms with van der Waals surface area (Å²) in [5.41, 5.74) is -0.784. The van der Waals surface area contributed by atoms with E-state index in [0.29, 0.717) is 25.4 Å². The smallest absolute Gasteiger partial charge is 0.317 e. The first-order chi connectivity index (χ1) is 8.42. The molecule has 3 atom stereocenters. The number of nitrogens with zero attached hydrogens (tertiary/aromatic N) is 1. The van der Waals surface area contributed by atoms with Gasteiger partial charge in [0.2, 0.25) is 0 Å². The van der Waals surface area contributed by atoms with E-state index in [-0.39, 0.29) is 12.1 Å². The largest absolute Gasteiger partial charge is 0.481 e. The van der Waals surface area contributed by atoms with E-state index in [9.17, 15) is 9.59 Å². The van der Waals surface area contributed by atoms with Crippen LogP contribution >= 0.6 is 11.8 Å². The van der Waals surface area contributed by atoms with E-state index in [0.717, 1.165) is 11.5 Å². The molecule has 6 heteroatoms. The zero-order chi connectivity index (χ0) is 13.3. The van der Waals surface area contributed by atoms with E-state index in [1.807, 2.05) is 11.8 Å². The molecule has 0 aromatic rings. The molecule has 2 heterocycles. The minimum atomic E-state index is -0.817. The number of carboxylic acid groups (broad SMARTS) is 1. The Hall–Kier alpha value is -0.910. The lowest BCUT2D eigenvalue weighted by molar-refractivity contribution is -0.146. The first kappa shape index (κ1) is 13.5. The lowest BCUT2D eigenvalue weighted by atomic mass is 9.90. The second-order valence-corrected chi connectivity index (χ2v) is 6.68. The third-order valence-corrected chi connectivity index (χ3v) is 5.31. The molecule has 2 amide bonds. The summed E-state index contributed by atoms with van der Waals surface area (Å²) < 4.78 is 0. The summed E-state index contributed by atoms with van der Waals surface area (Å²) in [6.45, 7) is 4.68. The van der Waals surface area contributed by atoms with Gasteiger partial charge in [-0.1, -0.05) is 6.92 Å². The van der Waals surface area contributed by atoms with Crippen LogP contribution in [0, 0.1) is 11.3 Å². The number of carbonyl (C=O) groups excluding carboxylic acids is 1. The lowest BCUT2D eigenvalue weighted by Gasteiger charge is -2.24. The van der Waals surface area contributed by atoms with Gasteiger partial charge in [-0.2, -0.15) is 11.8 Å². The molecule has 0 saturated carbocycles. The highest BCUT2D eigenvalue weighted by molar-refractivity contribution is 7.99. The number of carbonyl (C=O) groups is 2. The normalized spacial score (nSPS) is 35.8. The summed E-state index contributed by atoms with van der Waals surface area (Å²) in [5.74, 6) is 1.71. The minimum Gasteiger partial charge on any atom is -0.481 e. The van der Waals surface area contributed by atoms with Gasteiger partial charge >= 0.3 is 12.0 Å². The fraction of sp³-hybridized carbons (Fsp3) is 0.833. The number of nitrogens with one attached hydrogen (secondary N) is 1. The molecule has 2 fully saturated rings. The third-order valence-electron chi connectivity index (χ3n) is 3.95. The molecule has 0 bridgehead atoms. The summed E-state index contributed by atoms with van der Waals surface area (Å²) >= 11 is 1.85. The van der Waals surface area contributed by atoms with Crippen LogP contribution in [0.5, 0.6) is 0 Å². The number of hydrogen-bond acceptors (Lipinski definition) is 3. The Morgan fingerprint density at radius 1 is 1.44 bits per heavy atom. The summed E-state index contributed by atoms with van der Waals surface area (Å²) in [7, 11) is 0. The van der Waals surface area contributed by atoms with E-state index in [4.69, 9.17) is 5.11 Å². The predicted molar refractivity (Wildman–Crippen MR) is 70.7 cm³/mol. The van der Waals surface area contributed by atoms with Crippen molar-refractivity contribution in [3.63, 3.8) is 0 Å². The Balaban J connectivity index is 1.89. The first-order valence-electron chi connectivity index (χ1n) is 6.29. The highest BCUT2D eigenvalue weighted by Gasteiger charge is 2.42. The monoisotopic (exact) mass is 272 g/mol. The summed E-state index contributed by atoms with van der Waals surface area (Å²) in [5, 5.41) is 12.2. The number of amides is 2. The van der Waals surface area contributed by atoms with Gasteiger partial charge in [-0.05, 0) is 25.0 Å². The van der Waals surface area contributed by atoms with Crippen LogP contribution in [0.15, 0.2) is 0 Å². The van der Waals surface area contributed by atoms with Crippen LogP contribution in [0.2, 0.25) is 0 Å². The molecule has 102 valence electrons. The Morgan fingerprint density at radius 2 is 2.17 bits per heavy atom. The van der Waals surface area contributed by atoms with Crippen LogP contribution in [0.25, 0.3) is 0 Å². The molecular weight excluding hydrogens is 252 g/mol. The highest BCUT2D eigenvalue weighted by Crippen LogP contribution is 2.30. The molecule has 18 heavy (non-hydrogen) atoms. The maximum atomic E-state index is 12.1. The average molecular weight is 272 g/mol. The Morgan fingerprint density at radius 3 is 2.67 bits per heavy atom. The Kier molecular flexibility index (Phi) is 3.75. The van der Waals surface area contributed by atoms with Crippen LogP contribution in [0.4, 0.5) is 4.79 Å². The number of urea groups is 1. The van der Waals surface area contributed by atoms with E-state index in [1.165, 1.54) is 0 Å². The van der Waals surface area contributed by atoms with Gasteiger partial charge in [-0.3, -0.25) is 4.79 Å². The maximum Gasteiger partial charge on any atom is 0.317 e. The number of aliphatic carboxylic acids is 1. The van der Waals surface area contributed by atoms with Gasteiger partial charge in [0.15, 0.2) is 0 Å². The summed E-state index contributed by atoms with van der Waals surface area (Å²) in [6, 6.07) is 0.110. The van der Waals surface area contributed by atoms with E-state index in [2.05, 4.69) is 12.2 Å². The zero-order valence-corrected chi connectivity index (χ0v) is 11.6. The summed E-state index contributed by atoms with van der Waals surface area (Å²) in [6.07, 6.45) is 0.532. The number of hydrogen-bond donors (Lipinski definition) is 2. The van der Waals surface area contributed by atoms with Gasteiger partial charge in [0.05, 0.1) is 5.41 Å². The highest BCUT2D eigenvalue weighted by atomic mass is 32.2. The Labute approximate surface area is 111 Å². The molecule has 2 aliphatic heterocycles. The van der Waals surface area contributed by atoms with Crippen molar-refractivity contribution in [1.29, 1.82) is 0 Å². The van der Waals surface area contributed by atoms with Crippen molar-refractivity contribution in [3.8, 4) is 0 Å². The SMILES string of the molecule is CC1CSCC1NC(=O)N1CCC(C)(C(=O)O)C1. The van der Waals surface area contributed by atoms with Crippen LogP contribution in [0.1, 0.15) is 20.3 Å². The number of thioether (sulfide) groups is 1. The van der Waals surface area contributed by atoms with E-state index >= 15 is 0 Å². The van der Waals surface area contributed by atoms with Gasteiger partial charge in [0.1, 0.15) is 0 Å². The molecule has 0 aromatic carbocycles. The second kappa shape index (κ2) is 4.99. The fourth-order valence-electron chi connectivity index (χ4n) is 2.40. The number of likely N-dealkylation sites (tertiary alicyclic amines) is 1. The topological polar surface area (TPSA) is 69.6 Å². The van der Waals surface area contributed by atoms with Crippen molar-refractivity contribution in [3.05, 3.63) is 0 Å². The van der Waals surface area contributed by atoms with Crippen molar-refractivity contribution < 1.29 is 14.7 Å². The summed E-state index contributed by atoms with van der Waals surface area (Å²) in [4.78, 5) is 24.8. The molecule has 0 radical (unpaired) electrons. The van der Waals surface area contributed by atoms with Crippen LogP contribution < -0.4 is 5.32 Å². The predicted octanol–water partition coefficient (Wildman–Crippen LogP) is 1.24. The average Bonchev–Trinajstić information content (AvgIpc) is 2.87. The van der Waals surface area contributed by atoms with Crippen LogP contribution in [-0.4, -0.2) is 52.6 Å². The van der Waals surface area contributed by atoms with E-state index < -0.39 is 11.4 Å². The van der Waals surface area contributed by atoms with Crippen molar-refractivity contribution in [2.45, 2.75) is 26.3 Å². The molecule has 0 aromatic heterocycles. The first-order valence-corrected chi connectivity index (χ1v) is 7.44. The molecule has 2 aliphatic rings.